The number of benzene rings is 1. The number of hydrogen-bond donors (Lipinski definition) is 0. The lowest BCUT2D eigenvalue weighted by Crippen LogP contribution is -2.44. The van der Waals surface area contributed by atoms with Crippen molar-refractivity contribution in [3.8, 4) is 0 Å². The van der Waals surface area contributed by atoms with Crippen molar-refractivity contribution in [3.05, 3.63) is 48.0 Å². The minimum atomic E-state index is -0.581. The Balaban J connectivity index is 1.49. The third-order valence-corrected chi connectivity index (χ3v) is 6.89. The third-order valence-electron chi connectivity index (χ3n) is 6.89. The SMILES string of the molecule is CCCCC/C=C\CCC(=O)OCC(C(=O)OC1C[C@H]2CC[C@@H](C1)N2C)c1ccccc1. The van der Waals surface area contributed by atoms with E-state index >= 15 is 0 Å². The first-order chi connectivity index (χ1) is 15.6. The van der Waals surface area contributed by atoms with Crippen LogP contribution in [0.25, 0.3) is 0 Å². The average Bonchev–Trinajstić information content (AvgIpc) is 2.99. The Morgan fingerprint density at radius 2 is 1.75 bits per heavy atom. The number of ether oxygens (including phenoxy) is 2. The monoisotopic (exact) mass is 441 g/mol. The molecular weight excluding hydrogens is 402 g/mol. The smallest absolute Gasteiger partial charge is 0.317 e. The van der Waals surface area contributed by atoms with Gasteiger partial charge in [-0.1, -0.05) is 62.2 Å². The number of fused-ring (bicyclic) bond motifs is 2. The van der Waals surface area contributed by atoms with E-state index in [0.29, 0.717) is 24.9 Å². The molecule has 2 aliphatic heterocycles. The minimum Gasteiger partial charge on any atom is -0.464 e. The lowest BCUT2D eigenvalue weighted by Gasteiger charge is -2.36. The van der Waals surface area contributed by atoms with E-state index in [4.69, 9.17) is 9.47 Å². The van der Waals surface area contributed by atoms with Gasteiger partial charge in [-0.25, -0.2) is 0 Å². The van der Waals surface area contributed by atoms with Crippen molar-refractivity contribution in [2.75, 3.05) is 13.7 Å². The molecule has 5 heteroatoms. The van der Waals surface area contributed by atoms with Crippen molar-refractivity contribution in [2.45, 2.75) is 95.2 Å². The average molecular weight is 442 g/mol. The van der Waals surface area contributed by atoms with Crippen LogP contribution in [0.15, 0.2) is 42.5 Å². The molecule has 1 aromatic rings. The van der Waals surface area contributed by atoms with Gasteiger partial charge in [0.15, 0.2) is 0 Å². The van der Waals surface area contributed by atoms with Gasteiger partial charge < -0.3 is 14.4 Å². The number of carbonyl (C=O) groups excluding carboxylic acids is 2. The van der Waals surface area contributed by atoms with E-state index in [0.717, 1.165) is 24.8 Å². The van der Waals surface area contributed by atoms with Crippen molar-refractivity contribution in [3.63, 3.8) is 0 Å². The molecule has 2 bridgehead atoms. The highest BCUT2D eigenvalue weighted by atomic mass is 16.6. The van der Waals surface area contributed by atoms with Crippen LogP contribution in [0.2, 0.25) is 0 Å². The molecule has 2 heterocycles. The molecule has 1 aromatic carbocycles. The lowest BCUT2D eigenvalue weighted by molar-refractivity contribution is -0.157. The first-order valence-corrected chi connectivity index (χ1v) is 12.4. The van der Waals surface area contributed by atoms with Crippen molar-refractivity contribution < 1.29 is 19.1 Å². The second kappa shape index (κ2) is 12.8. The number of allylic oxidation sites excluding steroid dienone is 2. The first kappa shape index (κ1) is 24.5. The fourth-order valence-electron chi connectivity index (χ4n) is 4.89. The Kier molecular flexibility index (Phi) is 9.79. The topological polar surface area (TPSA) is 55.8 Å². The number of nitrogens with zero attached hydrogens (tertiary/aromatic N) is 1. The summed E-state index contributed by atoms with van der Waals surface area (Å²) >= 11 is 0. The number of rotatable bonds is 12. The molecule has 0 aliphatic carbocycles. The lowest BCUT2D eigenvalue weighted by atomic mass is 9.98. The second-order valence-electron chi connectivity index (χ2n) is 9.23. The Bertz CT molecular complexity index is 733. The van der Waals surface area contributed by atoms with Crippen LogP contribution in [-0.2, 0) is 19.1 Å². The molecule has 0 N–H and O–H groups in total. The highest BCUT2D eigenvalue weighted by Crippen LogP contribution is 2.36. The van der Waals surface area contributed by atoms with E-state index in [2.05, 4.69) is 24.9 Å². The molecule has 2 fully saturated rings. The van der Waals surface area contributed by atoms with Crippen LogP contribution < -0.4 is 0 Å². The van der Waals surface area contributed by atoms with Gasteiger partial charge in [0.05, 0.1) is 0 Å². The van der Waals surface area contributed by atoms with E-state index in [1.807, 2.05) is 36.4 Å². The summed E-state index contributed by atoms with van der Waals surface area (Å²) in [6.07, 6.45) is 14.0. The van der Waals surface area contributed by atoms with Crippen LogP contribution in [0.4, 0.5) is 0 Å². The zero-order valence-electron chi connectivity index (χ0n) is 19.7. The van der Waals surface area contributed by atoms with Gasteiger partial charge in [-0.2, -0.15) is 0 Å². The number of esters is 2. The molecule has 2 aliphatic rings. The van der Waals surface area contributed by atoms with Gasteiger partial charge >= 0.3 is 11.9 Å². The van der Waals surface area contributed by atoms with Gasteiger partial charge in [-0.15, -0.1) is 0 Å². The number of hydrogen-bond acceptors (Lipinski definition) is 5. The van der Waals surface area contributed by atoms with Crippen molar-refractivity contribution >= 4 is 11.9 Å². The molecule has 2 saturated heterocycles. The molecule has 2 unspecified atom stereocenters. The second-order valence-corrected chi connectivity index (χ2v) is 9.23. The van der Waals surface area contributed by atoms with Crippen LogP contribution in [-0.4, -0.2) is 48.7 Å². The number of piperidine rings is 1. The van der Waals surface area contributed by atoms with Crippen molar-refractivity contribution in [1.29, 1.82) is 0 Å². The summed E-state index contributed by atoms with van der Waals surface area (Å²) in [5.74, 6) is -1.13. The van der Waals surface area contributed by atoms with Crippen molar-refractivity contribution in [2.24, 2.45) is 0 Å². The fraction of sp³-hybridized carbons (Fsp3) is 0.630. The summed E-state index contributed by atoms with van der Waals surface area (Å²) in [6, 6.07) is 10.5. The van der Waals surface area contributed by atoms with E-state index in [1.54, 1.807) is 0 Å². The predicted octanol–water partition coefficient (Wildman–Crippen LogP) is 5.40. The summed E-state index contributed by atoms with van der Waals surface area (Å²) in [5.41, 5.74) is 0.831. The minimum absolute atomic E-state index is 0.0291. The van der Waals surface area contributed by atoms with Gasteiger partial charge in [0.1, 0.15) is 18.6 Å². The first-order valence-electron chi connectivity index (χ1n) is 12.4. The summed E-state index contributed by atoms with van der Waals surface area (Å²) in [6.45, 7) is 2.22. The molecule has 176 valence electrons. The van der Waals surface area contributed by atoms with E-state index in [-0.39, 0.29) is 24.6 Å². The highest BCUT2D eigenvalue weighted by molar-refractivity contribution is 5.79. The fourth-order valence-corrected chi connectivity index (χ4v) is 4.89. The molecule has 0 radical (unpaired) electrons. The molecule has 4 atom stereocenters. The zero-order chi connectivity index (χ0) is 22.8. The van der Waals surface area contributed by atoms with Crippen LogP contribution in [0.3, 0.4) is 0 Å². The summed E-state index contributed by atoms with van der Waals surface area (Å²) in [7, 11) is 2.17. The van der Waals surface area contributed by atoms with Gasteiger partial charge in [0, 0.05) is 18.5 Å². The van der Waals surface area contributed by atoms with Crippen molar-refractivity contribution in [1.82, 2.24) is 4.90 Å². The van der Waals surface area contributed by atoms with E-state index in [1.165, 1.54) is 32.1 Å². The molecule has 0 saturated carbocycles. The number of carbonyl (C=O) groups is 2. The third kappa shape index (κ3) is 7.19. The maximum Gasteiger partial charge on any atom is 0.317 e. The molecule has 32 heavy (non-hydrogen) atoms. The molecule has 0 aromatic heterocycles. The largest absolute Gasteiger partial charge is 0.464 e. The normalized spacial score (nSPS) is 23.9. The maximum atomic E-state index is 13.1. The summed E-state index contributed by atoms with van der Waals surface area (Å²) in [5, 5.41) is 0. The van der Waals surface area contributed by atoms with Gasteiger partial charge in [-0.3, -0.25) is 9.59 Å². The summed E-state index contributed by atoms with van der Waals surface area (Å²) in [4.78, 5) is 27.8. The molecule has 0 spiro atoms. The predicted molar refractivity (Wildman–Crippen MR) is 126 cm³/mol. The van der Waals surface area contributed by atoms with Gasteiger partial charge in [-0.05, 0) is 57.6 Å². The molecule has 3 rings (SSSR count). The molecule has 5 nitrogen and oxygen atoms in total. The molecular formula is C27H39NO4. The Morgan fingerprint density at radius 3 is 2.44 bits per heavy atom. The van der Waals surface area contributed by atoms with Crippen LogP contribution in [0, 0.1) is 0 Å². The Labute approximate surface area is 193 Å². The zero-order valence-corrected chi connectivity index (χ0v) is 19.7. The quantitative estimate of drug-likeness (QED) is 0.247. The van der Waals surface area contributed by atoms with Gasteiger partial charge in [0.2, 0.25) is 0 Å². The highest BCUT2D eigenvalue weighted by Gasteiger charge is 2.40. The van der Waals surface area contributed by atoms with Crippen LogP contribution >= 0.6 is 0 Å². The van der Waals surface area contributed by atoms with Gasteiger partial charge in [0.25, 0.3) is 0 Å². The maximum absolute atomic E-state index is 13.1. The van der Waals surface area contributed by atoms with Crippen LogP contribution in [0.5, 0.6) is 0 Å². The Hall–Kier alpha value is -2.14. The van der Waals surface area contributed by atoms with E-state index < -0.39 is 5.92 Å². The standard InChI is InChI=1S/C27H39NO4/c1-3-4-5-6-7-8-12-15-26(29)31-20-25(21-13-10-9-11-14-21)27(30)32-24-18-22-16-17-23(19-24)28(22)2/h7-11,13-14,22-25H,3-6,12,15-20H2,1-2H3/b8-7-/t22-,23+,24?,25?. The molecule has 0 amide bonds. The summed E-state index contributed by atoms with van der Waals surface area (Å²) < 4.78 is 11.5. The van der Waals surface area contributed by atoms with Crippen LogP contribution in [0.1, 0.15) is 82.6 Å². The van der Waals surface area contributed by atoms with E-state index in [9.17, 15) is 9.59 Å². The Morgan fingerprint density at radius 1 is 1.06 bits per heavy atom. The number of unbranched alkanes of at least 4 members (excludes halogenated alkanes) is 3.